The molecule has 0 aliphatic carbocycles. The van der Waals surface area contributed by atoms with Crippen molar-refractivity contribution in [2.75, 3.05) is 0 Å². The first-order valence-electron chi connectivity index (χ1n) is 6.73. The molecule has 2 aromatic carbocycles. The Balaban J connectivity index is 2.11. The summed E-state index contributed by atoms with van der Waals surface area (Å²) in [4.78, 5) is 12.2. The van der Waals surface area contributed by atoms with Gasteiger partial charge in [0.1, 0.15) is 0 Å². The molecular weight excluding hydrogens is 314 g/mol. The van der Waals surface area contributed by atoms with Crippen LogP contribution < -0.4 is 5.32 Å². The van der Waals surface area contributed by atoms with Gasteiger partial charge < -0.3 is 5.32 Å². The van der Waals surface area contributed by atoms with Gasteiger partial charge in [-0.15, -0.1) is 0 Å². The number of hydrogen-bond donors (Lipinski definition) is 1. The summed E-state index contributed by atoms with van der Waals surface area (Å²) >= 11 is 3.37. The van der Waals surface area contributed by atoms with Gasteiger partial charge in [0.05, 0.1) is 6.04 Å². The van der Waals surface area contributed by atoms with E-state index in [-0.39, 0.29) is 11.9 Å². The number of rotatable bonds is 4. The van der Waals surface area contributed by atoms with Crippen molar-refractivity contribution < 1.29 is 4.79 Å². The maximum atomic E-state index is 12.2. The zero-order chi connectivity index (χ0) is 14.5. The molecule has 0 radical (unpaired) electrons. The van der Waals surface area contributed by atoms with E-state index in [0.717, 1.165) is 16.5 Å². The molecule has 104 valence electrons. The van der Waals surface area contributed by atoms with Gasteiger partial charge in [0.25, 0.3) is 5.91 Å². The Kier molecular flexibility index (Phi) is 4.96. The number of amides is 1. The fraction of sp³-hybridized carbons (Fsp3) is 0.235. The molecule has 1 amide bonds. The van der Waals surface area contributed by atoms with Crippen LogP contribution in [0.1, 0.15) is 40.9 Å². The van der Waals surface area contributed by atoms with E-state index in [1.54, 1.807) is 0 Å². The summed E-state index contributed by atoms with van der Waals surface area (Å²) < 4.78 is 0.972. The third-order valence-corrected chi connectivity index (χ3v) is 3.83. The zero-order valence-electron chi connectivity index (χ0n) is 11.7. The average molecular weight is 332 g/mol. The van der Waals surface area contributed by atoms with Crippen molar-refractivity contribution in [1.29, 1.82) is 0 Å². The van der Waals surface area contributed by atoms with Crippen LogP contribution in [-0.2, 0) is 0 Å². The van der Waals surface area contributed by atoms with Crippen molar-refractivity contribution in [3.05, 3.63) is 69.7 Å². The molecule has 0 aliphatic rings. The first-order chi connectivity index (χ1) is 9.60. The third-order valence-electron chi connectivity index (χ3n) is 3.30. The smallest absolute Gasteiger partial charge is 0.251 e. The van der Waals surface area contributed by atoms with Crippen LogP contribution in [0.2, 0.25) is 0 Å². The van der Waals surface area contributed by atoms with E-state index in [4.69, 9.17) is 0 Å². The first kappa shape index (κ1) is 14.8. The number of carbonyl (C=O) groups excluding carboxylic acids is 1. The molecule has 0 aliphatic heterocycles. The van der Waals surface area contributed by atoms with Gasteiger partial charge >= 0.3 is 0 Å². The van der Waals surface area contributed by atoms with Gasteiger partial charge in [-0.2, -0.15) is 0 Å². The van der Waals surface area contributed by atoms with Crippen LogP contribution in [0.4, 0.5) is 0 Å². The van der Waals surface area contributed by atoms with Gasteiger partial charge in [0.2, 0.25) is 0 Å². The minimum absolute atomic E-state index is 0.0371. The van der Waals surface area contributed by atoms with E-state index in [1.165, 1.54) is 5.56 Å². The molecule has 2 rings (SSSR count). The second-order valence-electron chi connectivity index (χ2n) is 4.85. The van der Waals surface area contributed by atoms with Crippen LogP contribution in [0.5, 0.6) is 0 Å². The third kappa shape index (κ3) is 3.70. The lowest BCUT2D eigenvalue weighted by molar-refractivity contribution is 0.0935. The highest BCUT2D eigenvalue weighted by Gasteiger charge is 2.13. The summed E-state index contributed by atoms with van der Waals surface area (Å²) in [5, 5.41) is 3.08. The topological polar surface area (TPSA) is 29.1 Å². The summed E-state index contributed by atoms with van der Waals surface area (Å²) in [6, 6.07) is 15.7. The van der Waals surface area contributed by atoms with Crippen molar-refractivity contribution in [1.82, 2.24) is 5.32 Å². The molecule has 1 atom stereocenters. The fourth-order valence-corrected chi connectivity index (χ4v) is 2.33. The number of hydrogen-bond acceptors (Lipinski definition) is 1. The largest absolute Gasteiger partial charge is 0.345 e. The summed E-state index contributed by atoms with van der Waals surface area (Å²) in [5.74, 6) is -0.0371. The molecule has 3 heteroatoms. The fourth-order valence-electron chi connectivity index (χ4n) is 2.06. The minimum atomic E-state index is -0.0371. The van der Waals surface area contributed by atoms with E-state index in [0.29, 0.717) is 5.56 Å². The van der Waals surface area contributed by atoms with Crippen LogP contribution in [0.3, 0.4) is 0 Å². The highest BCUT2D eigenvalue weighted by atomic mass is 79.9. The maximum Gasteiger partial charge on any atom is 0.251 e. The standard InChI is InChI=1S/C17H18BrNO/c1-3-16(13-6-4-12(2)5-7-13)19-17(20)14-8-10-15(18)11-9-14/h4-11,16H,3H2,1-2H3,(H,19,20). The molecule has 2 aromatic rings. The summed E-state index contributed by atoms with van der Waals surface area (Å²) in [5.41, 5.74) is 3.05. The number of aryl methyl sites for hydroxylation is 1. The summed E-state index contributed by atoms with van der Waals surface area (Å²) in [7, 11) is 0. The Bertz CT molecular complexity index is 575. The van der Waals surface area contributed by atoms with Crippen LogP contribution in [-0.4, -0.2) is 5.91 Å². The number of benzene rings is 2. The highest BCUT2D eigenvalue weighted by molar-refractivity contribution is 9.10. The van der Waals surface area contributed by atoms with Crippen LogP contribution in [0.25, 0.3) is 0 Å². The minimum Gasteiger partial charge on any atom is -0.345 e. The van der Waals surface area contributed by atoms with Crippen LogP contribution >= 0.6 is 15.9 Å². The number of halogens is 1. The van der Waals surface area contributed by atoms with E-state index < -0.39 is 0 Å². The maximum absolute atomic E-state index is 12.2. The van der Waals surface area contributed by atoms with Gasteiger partial charge in [-0.3, -0.25) is 4.79 Å². The molecule has 0 spiro atoms. The molecular formula is C17H18BrNO. The molecule has 1 unspecified atom stereocenters. The predicted molar refractivity (Wildman–Crippen MR) is 85.8 cm³/mol. The van der Waals surface area contributed by atoms with Crippen LogP contribution in [0.15, 0.2) is 53.0 Å². The number of nitrogens with one attached hydrogen (secondary N) is 1. The summed E-state index contributed by atoms with van der Waals surface area (Å²) in [6.07, 6.45) is 0.866. The van der Waals surface area contributed by atoms with Crippen molar-refractivity contribution in [2.45, 2.75) is 26.3 Å². The SMILES string of the molecule is CCC(NC(=O)c1ccc(Br)cc1)c1ccc(C)cc1. The summed E-state index contributed by atoms with van der Waals surface area (Å²) in [6.45, 7) is 4.14. The normalized spacial score (nSPS) is 11.9. The van der Waals surface area contributed by atoms with Crippen LogP contribution in [0, 0.1) is 6.92 Å². The molecule has 0 aromatic heterocycles. The molecule has 0 fully saturated rings. The second kappa shape index (κ2) is 6.71. The Morgan fingerprint density at radius 3 is 2.25 bits per heavy atom. The van der Waals surface area contributed by atoms with Crippen molar-refractivity contribution >= 4 is 21.8 Å². The molecule has 0 saturated carbocycles. The van der Waals surface area contributed by atoms with Gasteiger partial charge in [-0.25, -0.2) is 0 Å². The monoisotopic (exact) mass is 331 g/mol. The highest BCUT2D eigenvalue weighted by Crippen LogP contribution is 2.18. The van der Waals surface area contributed by atoms with E-state index >= 15 is 0 Å². The average Bonchev–Trinajstić information content (AvgIpc) is 2.46. The van der Waals surface area contributed by atoms with E-state index in [2.05, 4.69) is 59.4 Å². The Hall–Kier alpha value is -1.61. The lowest BCUT2D eigenvalue weighted by atomic mass is 10.0. The molecule has 2 nitrogen and oxygen atoms in total. The molecule has 20 heavy (non-hydrogen) atoms. The quantitative estimate of drug-likeness (QED) is 0.868. The van der Waals surface area contributed by atoms with Crippen molar-refractivity contribution in [3.8, 4) is 0 Å². The lowest BCUT2D eigenvalue weighted by Crippen LogP contribution is -2.28. The molecule has 0 saturated heterocycles. The van der Waals surface area contributed by atoms with E-state index in [1.807, 2.05) is 24.3 Å². The molecule has 1 N–H and O–H groups in total. The van der Waals surface area contributed by atoms with Gasteiger partial charge in [-0.05, 0) is 43.2 Å². The van der Waals surface area contributed by atoms with Crippen molar-refractivity contribution in [2.24, 2.45) is 0 Å². The van der Waals surface area contributed by atoms with E-state index in [9.17, 15) is 4.79 Å². The molecule has 0 heterocycles. The molecule has 0 bridgehead atoms. The van der Waals surface area contributed by atoms with Crippen molar-refractivity contribution in [3.63, 3.8) is 0 Å². The second-order valence-corrected chi connectivity index (χ2v) is 5.77. The Morgan fingerprint density at radius 2 is 1.70 bits per heavy atom. The predicted octanol–water partition coefficient (Wildman–Crippen LogP) is 4.64. The first-order valence-corrected chi connectivity index (χ1v) is 7.52. The van der Waals surface area contributed by atoms with Gasteiger partial charge in [0.15, 0.2) is 0 Å². The Labute approximate surface area is 128 Å². The lowest BCUT2D eigenvalue weighted by Gasteiger charge is -2.17. The van der Waals surface area contributed by atoms with Gasteiger partial charge in [-0.1, -0.05) is 52.7 Å². The zero-order valence-corrected chi connectivity index (χ0v) is 13.3. The van der Waals surface area contributed by atoms with Gasteiger partial charge in [0, 0.05) is 10.0 Å². The number of carbonyl (C=O) groups is 1. The Morgan fingerprint density at radius 1 is 1.10 bits per heavy atom.